The normalized spacial score (nSPS) is 11.9. The van der Waals surface area contributed by atoms with Gasteiger partial charge in [-0.15, -0.1) is 0 Å². The van der Waals surface area contributed by atoms with Crippen molar-refractivity contribution in [3.63, 3.8) is 0 Å². The SMILES string of the molecule is CCC(CC)(CN)c1nc(Cc2ccc(Cl)cc2Cl)no1. The molecule has 0 spiro atoms. The van der Waals surface area contributed by atoms with Crippen LogP contribution in [0.5, 0.6) is 0 Å². The molecule has 2 N–H and O–H groups in total. The topological polar surface area (TPSA) is 64.9 Å². The maximum atomic E-state index is 6.17. The highest BCUT2D eigenvalue weighted by Gasteiger charge is 2.33. The smallest absolute Gasteiger partial charge is 0.234 e. The van der Waals surface area contributed by atoms with Crippen LogP contribution in [0.3, 0.4) is 0 Å². The Morgan fingerprint density at radius 1 is 1.24 bits per heavy atom. The second-order valence-electron chi connectivity index (χ2n) is 5.12. The summed E-state index contributed by atoms with van der Waals surface area (Å²) in [4.78, 5) is 4.50. The number of nitrogens with zero attached hydrogens (tertiary/aromatic N) is 2. The first-order chi connectivity index (χ1) is 10.0. The summed E-state index contributed by atoms with van der Waals surface area (Å²) in [5, 5.41) is 5.26. The first-order valence-electron chi connectivity index (χ1n) is 7.01. The Morgan fingerprint density at radius 2 is 1.95 bits per heavy atom. The summed E-state index contributed by atoms with van der Waals surface area (Å²) in [5.41, 5.74) is 6.58. The lowest BCUT2D eigenvalue weighted by Gasteiger charge is -2.24. The van der Waals surface area contributed by atoms with Crippen LogP contribution in [0.4, 0.5) is 0 Å². The Hall–Kier alpha value is -1.10. The molecule has 0 amide bonds. The lowest BCUT2D eigenvalue weighted by atomic mass is 9.82. The number of rotatable bonds is 6. The molecule has 6 heteroatoms. The number of halogens is 2. The molecular weight excluding hydrogens is 309 g/mol. The molecule has 0 unspecified atom stereocenters. The van der Waals surface area contributed by atoms with E-state index in [1.165, 1.54) is 0 Å². The van der Waals surface area contributed by atoms with Crippen molar-refractivity contribution in [2.75, 3.05) is 6.54 Å². The summed E-state index contributed by atoms with van der Waals surface area (Å²) in [7, 11) is 0. The second kappa shape index (κ2) is 6.77. The molecule has 0 bridgehead atoms. The minimum atomic E-state index is -0.241. The molecule has 0 saturated carbocycles. The summed E-state index contributed by atoms with van der Waals surface area (Å²) in [5.74, 6) is 1.21. The third-order valence-corrected chi connectivity index (χ3v) is 4.62. The van der Waals surface area contributed by atoms with Crippen LogP contribution in [0, 0.1) is 0 Å². The Labute approximate surface area is 134 Å². The molecule has 1 aromatic carbocycles. The van der Waals surface area contributed by atoms with Crippen molar-refractivity contribution in [2.24, 2.45) is 5.73 Å². The van der Waals surface area contributed by atoms with Crippen LogP contribution in [-0.4, -0.2) is 16.7 Å². The quantitative estimate of drug-likeness (QED) is 0.871. The molecule has 0 atom stereocenters. The molecule has 0 saturated heterocycles. The zero-order valence-electron chi connectivity index (χ0n) is 12.2. The fourth-order valence-corrected chi connectivity index (χ4v) is 2.78. The van der Waals surface area contributed by atoms with Crippen molar-refractivity contribution in [1.29, 1.82) is 0 Å². The maximum Gasteiger partial charge on any atom is 0.234 e. The van der Waals surface area contributed by atoms with E-state index in [-0.39, 0.29) is 5.41 Å². The van der Waals surface area contributed by atoms with Crippen LogP contribution < -0.4 is 5.73 Å². The second-order valence-corrected chi connectivity index (χ2v) is 5.96. The number of hydrogen-bond donors (Lipinski definition) is 1. The summed E-state index contributed by atoms with van der Waals surface area (Å²) in [6.45, 7) is 4.65. The van der Waals surface area contributed by atoms with Crippen molar-refractivity contribution in [1.82, 2.24) is 10.1 Å². The van der Waals surface area contributed by atoms with Gasteiger partial charge in [-0.05, 0) is 30.5 Å². The highest BCUT2D eigenvalue weighted by Crippen LogP contribution is 2.30. The molecule has 21 heavy (non-hydrogen) atoms. The third kappa shape index (κ3) is 3.39. The third-order valence-electron chi connectivity index (χ3n) is 4.03. The fraction of sp³-hybridized carbons (Fsp3) is 0.467. The summed E-state index contributed by atoms with van der Waals surface area (Å²) in [6, 6.07) is 5.38. The van der Waals surface area contributed by atoms with Gasteiger partial charge in [-0.2, -0.15) is 4.98 Å². The van der Waals surface area contributed by atoms with Gasteiger partial charge < -0.3 is 10.3 Å². The van der Waals surface area contributed by atoms with Gasteiger partial charge in [0.25, 0.3) is 0 Å². The molecule has 0 aliphatic carbocycles. The minimum absolute atomic E-state index is 0.241. The predicted molar refractivity (Wildman–Crippen MR) is 84.9 cm³/mol. The van der Waals surface area contributed by atoms with Crippen LogP contribution in [0.15, 0.2) is 22.7 Å². The average molecular weight is 328 g/mol. The Balaban J connectivity index is 2.24. The molecule has 1 heterocycles. The van der Waals surface area contributed by atoms with Crippen LogP contribution in [0.1, 0.15) is 44.0 Å². The zero-order valence-corrected chi connectivity index (χ0v) is 13.7. The molecule has 114 valence electrons. The van der Waals surface area contributed by atoms with Crippen LogP contribution >= 0.6 is 23.2 Å². The minimum Gasteiger partial charge on any atom is -0.339 e. The summed E-state index contributed by atoms with van der Waals surface area (Å²) >= 11 is 12.1. The van der Waals surface area contributed by atoms with E-state index in [4.69, 9.17) is 33.5 Å². The standard InChI is InChI=1S/C15H19Cl2N3O/c1-3-15(4-2,9-18)14-19-13(20-21-14)7-10-5-6-11(16)8-12(10)17/h5-6,8H,3-4,7,9,18H2,1-2H3. The largest absolute Gasteiger partial charge is 0.339 e. The Morgan fingerprint density at radius 3 is 2.52 bits per heavy atom. The van der Waals surface area contributed by atoms with Gasteiger partial charge in [-0.25, -0.2) is 0 Å². The van der Waals surface area contributed by atoms with Crippen molar-refractivity contribution < 1.29 is 4.52 Å². The van der Waals surface area contributed by atoms with Crippen molar-refractivity contribution in [3.8, 4) is 0 Å². The van der Waals surface area contributed by atoms with Gasteiger partial charge in [-0.1, -0.05) is 48.3 Å². The number of nitrogens with two attached hydrogens (primary N) is 1. The van der Waals surface area contributed by atoms with E-state index in [9.17, 15) is 0 Å². The number of hydrogen-bond acceptors (Lipinski definition) is 4. The molecule has 0 aliphatic heterocycles. The molecular formula is C15H19Cl2N3O. The van der Waals surface area contributed by atoms with E-state index in [2.05, 4.69) is 24.0 Å². The molecule has 0 radical (unpaired) electrons. The van der Waals surface area contributed by atoms with Crippen molar-refractivity contribution in [2.45, 2.75) is 38.5 Å². The summed E-state index contributed by atoms with van der Waals surface area (Å²) < 4.78 is 5.43. The number of aromatic nitrogens is 2. The van der Waals surface area contributed by atoms with Gasteiger partial charge in [0, 0.05) is 23.0 Å². The van der Waals surface area contributed by atoms with E-state index < -0.39 is 0 Å². The number of benzene rings is 1. The predicted octanol–water partition coefficient (Wildman–Crippen LogP) is 3.98. The highest BCUT2D eigenvalue weighted by atomic mass is 35.5. The molecule has 1 aromatic heterocycles. The lowest BCUT2D eigenvalue weighted by molar-refractivity contribution is 0.266. The van der Waals surface area contributed by atoms with E-state index in [1.807, 2.05) is 6.07 Å². The van der Waals surface area contributed by atoms with E-state index >= 15 is 0 Å². The molecule has 4 nitrogen and oxygen atoms in total. The van der Waals surface area contributed by atoms with Gasteiger partial charge in [-0.3, -0.25) is 0 Å². The van der Waals surface area contributed by atoms with E-state index in [0.717, 1.165) is 18.4 Å². The van der Waals surface area contributed by atoms with E-state index in [1.54, 1.807) is 12.1 Å². The van der Waals surface area contributed by atoms with Crippen LogP contribution in [0.2, 0.25) is 10.0 Å². The van der Waals surface area contributed by atoms with Crippen molar-refractivity contribution in [3.05, 3.63) is 45.5 Å². The van der Waals surface area contributed by atoms with Gasteiger partial charge in [0.05, 0.1) is 5.41 Å². The van der Waals surface area contributed by atoms with Gasteiger partial charge >= 0.3 is 0 Å². The molecule has 0 aliphatic rings. The first kappa shape index (κ1) is 16.3. The van der Waals surface area contributed by atoms with E-state index in [0.29, 0.717) is 34.7 Å². The van der Waals surface area contributed by atoms with Crippen LogP contribution in [0.25, 0.3) is 0 Å². The lowest BCUT2D eigenvalue weighted by Crippen LogP contribution is -2.34. The highest BCUT2D eigenvalue weighted by molar-refractivity contribution is 6.35. The first-order valence-corrected chi connectivity index (χ1v) is 7.77. The molecule has 0 fully saturated rings. The van der Waals surface area contributed by atoms with Gasteiger partial charge in [0.15, 0.2) is 5.82 Å². The van der Waals surface area contributed by atoms with Gasteiger partial charge in [0.2, 0.25) is 5.89 Å². The fourth-order valence-electron chi connectivity index (χ4n) is 2.31. The monoisotopic (exact) mass is 327 g/mol. The average Bonchev–Trinajstić information content (AvgIpc) is 2.94. The molecule has 2 aromatic rings. The Kier molecular flexibility index (Phi) is 5.25. The Bertz CT molecular complexity index is 600. The zero-order chi connectivity index (χ0) is 15.5. The van der Waals surface area contributed by atoms with Gasteiger partial charge in [0.1, 0.15) is 0 Å². The molecule has 2 rings (SSSR count). The van der Waals surface area contributed by atoms with Crippen molar-refractivity contribution >= 4 is 23.2 Å². The van der Waals surface area contributed by atoms with Crippen LogP contribution in [-0.2, 0) is 11.8 Å². The maximum absolute atomic E-state index is 6.17. The summed E-state index contributed by atoms with van der Waals surface area (Å²) in [6.07, 6.45) is 2.24.